The van der Waals surface area contributed by atoms with Gasteiger partial charge >= 0.3 is 0 Å². The van der Waals surface area contributed by atoms with Gasteiger partial charge in [-0.3, -0.25) is 0 Å². The van der Waals surface area contributed by atoms with Crippen molar-refractivity contribution in [3.8, 4) is 0 Å². The summed E-state index contributed by atoms with van der Waals surface area (Å²) in [5.41, 5.74) is 1.19. The van der Waals surface area contributed by atoms with Gasteiger partial charge in [-0.2, -0.15) is 0 Å². The Morgan fingerprint density at radius 1 is 1.53 bits per heavy atom. The van der Waals surface area contributed by atoms with Gasteiger partial charge in [-0.25, -0.2) is 4.98 Å². The summed E-state index contributed by atoms with van der Waals surface area (Å²) in [6.45, 7) is 6.02. The lowest BCUT2D eigenvalue weighted by atomic mass is 10.0. The van der Waals surface area contributed by atoms with Gasteiger partial charge in [-0.1, -0.05) is 6.07 Å². The molecule has 82 valence electrons. The maximum atomic E-state index is 5.37. The molecule has 1 aliphatic rings. The molecule has 0 spiro atoms. The fourth-order valence-corrected chi connectivity index (χ4v) is 1.85. The van der Waals surface area contributed by atoms with E-state index in [1.807, 2.05) is 19.2 Å². The second-order valence-corrected chi connectivity index (χ2v) is 4.28. The highest BCUT2D eigenvalue weighted by Crippen LogP contribution is 2.19. The largest absolute Gasteiger partial charge is 0.381 e. The van der Waals surface area contributed by atoms with Crippen molar-refractivity contribution >= 4 is 5.82 Å². The van der Waals surface area contributed by atoms with E-state index in [4.69, 9.17) is 4.74 Å². The molecule has 2 unspecified atom stereocenters. The van der Waals surface area contributed by atoms with E-state index < -0.39 is 0 Å². The number of ether oxygens (including phenoxy) is 1. The van der Waals surface area contributed by atoms with E-state index in [2.05, 4.69) is 23.3 Å². The highest BCUT2D eigenvalue weighted by molar-refractivity contribution is 5.36. The van der Waals surface area contributed by atoms with Crippen LogP contribution in [0, 0.1) is 12.8 Å². The average Bonchev–Trinajstić information content (AvgIpc) is 2.74. The van der Waals surface area contributed by atoms with Crippen LogP contribution in [-0.2, 0) is 4.74 Å². The Morgan fingerprint density at radius 2 is 2.40 bits per heavy atom. The lowest BCUT2D eigenvalue weighted by Gasteiger charge is -2.19. The predicted octanol–water partition coefficient (Wildman–Crippen LogP) is 2.23. The summed E-state index contributed by atoms with van der Waals surface area (Å²) in [5, 5.41) is 3.42. The highest BCUT2D eigenvalue weighted by Gasteiger charge is 2.22. The molecule has 1 aliphatic heterocycles. The summed E-state index contributed by atoms with van der Waals surface area (Å²) in [6, 6.07) is 4.54. The predicted molar refractivity (Wildman–Crippen MR) is 61.0 cm³/mol. The minimum Gasteiger partial charge on any atom is -0.381 e. The van der Waals surface area contributed by atoms with E-state index in [0.717, 1.165) is 25.5 Å². The Balaban J connectivity index is 1.92. The van der Waals surface area contributed by atoms with Gasteiger partial charge in [0.25, 0.3) is 0 Å². The fourth-order valence-electron chi connectivity index (χ4n) is 1.85. The minimum absolute atomic E-state index is 0.433. The first kappa shape index (κ1) is 10.4. The molecule has 0 radical (unpaired) electrons. The van der Waals surface area contributed by atoms with Gasteiger partial charge in [-0.15, -0.1) is 0 Å². The molecule has 2 atom stereocenters. The van der Waals surface area contributed by atoms with Gasteiger partial charge in [-0.05, 0) is 31.9 Å². The quantitative estimate of drug-likeness (QED) is 0.823. The average molecular weight is 206 g/mol. The SMILES string of the molecule is Cc1ccc(NC(C)C2CCOC2)nc1. The van der Waals surface area contributed by atoms with Crippen LogP contribution in [-0.4, -0.2) is 24.2 Å². The van der Waals surface area contributed by atoms with Gasteiger partial charge in [0.2, 0.25) is 0 Å². The molecule has 0 bridgehead atoms. The van der Waals surface area contributed by atoms with Crippen LogP contribution >= 0.6 is 0 Å². The second kappa shape index (κ2) is 4.62. The number of pyridine rings is 1. The Hall–Kier alpha value is -1.09. The molecule has 0 aliphatic carbocycles. The van der Waals surface area contributed by atoms with Gasteiger partial charge < -0.3 is 10.1 Å². The molecule has 2 rings (SSSR count). The number of nitrogens with one attached hydrogen (secondary N) is 1. The summed E-state index contributed by atoms with van der Waals surface area (Å²) < 4.78 is 5.37. The number of aryl methyl sites for hydroxylation is 1. The topological polar surface area (TPSA) is 34.1 Å². The number of hydrogen-bond acceptors (Lipinski definition) is 3. The van der Waals surface area contributed by atoms with Crippen molar-refractivity contribution in [2.45, 2.75) is 26.3 Å². The first-order valence-electron chi connectivity index (χ1n) is 5.52. The molecule has 1 N–H and O–H groups in total. The smallest absolute Gasteiger partial charge is 0.126 e. The van der Waals surface area contributed by atoms with E-state index in [-0.39, 0.29) is 0 Å². The Morgan fingerprint density at radius 3 is 3.00 bits per heavy atom. The molecule has 3 nitrogen and oxygen atoms in total. The monoisotopic (exact) mass is 206 g/mol. The van der Waals surface area contributed by atoms with Crippen LogP contribution < -0.4 is 5.32 Å². The Labute approximate surface area is 90.9 Å². The third-order valence-corrected chi connectivity index (χ3v) is 2.96. The zero-order chi connectivity index (χ0) is 10.7. The summed E-state index contributed by atoms with van der Waals surface area (Å²) in [5.74, 6) is 1.58. The number of nitrogens with zero attached hydrogens (tertiary/aromatic N) is 1. The van der Waals surface area contributed by atoms with Crippen molar-refractivity contribution in [3.63, 3.8) is 0 Å². The van der Waals surface area contributed by atoms with E-state index in [1.165, 1.54) is 5.56 Å². The lowest BCUT2D eigenvalue weighted by Crippen LogP contribution is -2.26. The van der Waals surface area contributed by atoms with Crippen molar-refractivity contribution in [1.29, 1.82) is 0 Å². The van der Waals surface area contributed by atoms with Crippen LogP contribution in [0.1, 0.15) is 18.9 Å². The first-order valence-corrected chi connectivity index (χ1v) is 5.52. The molecule has 1 aromatic rings. The number of hydrogen-bond donors (Lipinski definition) is 1. The molecule has 0 saturated carbocycles. The molecule has 15 heavy (non-hydrogen) atoms. The van der Waals surface area contributed by atoms with Crippen LogP contribution in [0.2, 0.25) is 0 Å². The molecular formula is C12H18N2O. The normalized spacial score (nSPS) is 22.7. The van der Waals surface area contributed by atoms with Crippen molar-refractivity contribution in [1.82, 2.24) is 4.98 Å². The van der Waals surface area contributed by atoms with Crippen LogP contribution in [0.3, 0.4) is 0 Å². The summed E-state index contributed by atoms with van der Waals surface area (Å²) in [6.07, 6.45) is 3.04. The third kappa shape index (κ3) is 2.69. The number of rotatable bonds is 3. The third-order valence-electron chi connectivity index (χ3n) is 2.96. The van der Waals surface area contributed by atoms with Crippen LogP contribution in [0.15, 0.2) is 18.3 Å². The Bertz CT molecular complexity index is 304. The van der Waals surface area contributed by atoms with E-state index >= 15 is 0 Å². The number of anilines is 1. The van der Waals surface area contributed by atoms with E-state index in [1.54, 1.807) is 0 Å². The number of aromatic nitrogens is 1. The second-order valence-electron chi connectivity index (χ2n) is 4.28. The standard InChI is InChI=1S/C12H18N2O/c1-9-3-4-12(13-7-9)14-10(2)11-5-6-15-8-11/h3-4,7,10-11H,5-6,8H2,1-2H3,(H,13,14). The molecule has 2 heterocycles. The molecule has 0 aromatic carbocycles. The van der Waals surface area contributed by atoms with Gasteiger partial charge in [0.15, 0.2) is 0 Å². The fraction of sp³-hybridized carbons (Fsp3) is 0.583. The van der Waals surface area contributed by atoms with E-state index in [0.29, 0.717) is 12.0 Å². The summed E-state index contributed by atoms with van der Waals surface area (Å²) >= 11 is 0. The summed E-state index contributed by atoms with van der Waals surface area (Å²) in [7, 11) is 0. The minimum atomic E-state index is 0.433. The van der Waals surface area contributed by atoms with Gasteiger partial charge in [0, 0.05) is 24.8 Å². The highest BCUT2D eigenvalue weighted by atomic mass is 16.5. The molecule has 0 amide bonds. The van der Waals surface area contributed by atoms with Crippen LogP contribution in [0.5, 0.6) is 0 Å². The zero-order valence-electron chi connectivity index (χ0n) is 9.36. The van der Waals surface area contributed by atoms with E-state index in [9.17, 15) is 0 Å². The Kier molecular flexibility index (Phi) is 3.21. The molecule has 1 fully saturated rings. The maximum Gasteiger partial charge on any atom is 0.126 e. The summed E-state index contributed by atoms with van der Waals surface area (Å²) in [4.78, 5) is 4.34. The van der Waals surface area contributed by atoms with Crippen LogP contribution in [0.4, 0.5) is 5.82 Å². The molecular weight excluding hydrogens is 188 g/mol. The van der Waals surface area contributed by atoms with Crippen LogP contribution in [0.25, 0.3) is 0 Å². The lowest BCUT2D eigenvalue weighted by molar-refractivity contribution is 0.183. The van der Waals surface area contributed by atoms with Crippen molar-refractivity contribution < 1.29 is 4.74 Å². The molecule has 3 heteroatoms. The van der Waals surface area contributed by atoms with Gasteiger partial charge in [0.05, 0.1) is 6.61 Å². The van der Waals surface area contributed by atoms with Crippen molar-refractivity contribution in [2.75, 3.05) is 18.5 Å². The zero-order valence-corrected chi connectivity index (χ0v) is 9.36. The van der Waals surface area contributed by atoms with Gasteiger partial charge in [0.1, 0.15) is 5.82 Å². The van der Waals surface area contributed by atoms with Crippen molar-refractivity contribution in [3.05, 3.63) is 23.9 Å². The molecule has 1 aromatic heterocycles. The first-order chi connectivity index (χ1) is 7.25. The maximum absolute atomic E-state index is 5.37. The van der Waals surface area contributed by atoms with Crippen molar-refractivity contribution in [2.24, 2.45) is 5.92 Å². The molecule has 1 saturated heterocycles.